The third kappa shape index (κ3) is 31.8. The molecule has 0 aliphatic heterocycles. The highest BCUT2D eigenvalue weighted by molar-refractivity contribution is 5.72. The van der Waals surface area contributed by atoms with Crippen molar-refractivity contribution in [2.45, 2.75) is 193 Å². The Hall–Kier alpha value is -1.93. The second kappa shape index (κ2) is 33.2. The molecule has 288 valence electrons. The Balaban J connectivity index is 4.40. The van der Waals surface area contributed by atoms with Crippen LogP contribution in [0.15, 0.2) is 12.2 Å². The third-order valence-electron chi connectivity index (χ3n) is 9.16. The molecule has 0 aliphatic rings. The number of carboxylic acid groups (broad SMARTS) is 1. The monoisotopic (exact) mass is 697 g/mol. The first-order valence-electron chi connectivity index (χ1n) is 20.2. The predicted molar refractivity (Wildman–Crippen MR) is 202 cm³/mol. The van der Waals surface area contributed by atoms with Gasteiger partial charge in [0.1, 0.15) is 6.61 Å². The van der Waals surface area contributed by atoms with Gasteiger partial charge in [-0.05, 0) is 38.5 Å². The first kappa shape index (κ1) is 47.1. The molecule has 0 radical (unpaired) electrons. The van der Waals surface area contributed by atoms with E-state index in [0.29, 0.717) is 19.3 Å². The summed E-state index contributed by atoms with van der Waals surface area (Å²) in [4.78, 5) is 36.8. The summed E-state index contributed by atoms with van der Waals surface area (Å²) in [5.41, 5.74) is 0. The maximum Gasteiger partial charge on any atom is 0.362 e. The lowest BCUT2D eigenvalue weighted by atomic mass is 10.1. The van der Waals surface area contributed by atoms with E-state index in [2.05, 4.69) is 26.0 Å². The second-order valence-electron chi connectivity index (χ2n) is 14.9. The Labute approximate surface area is 301 Å². The number of allylic oxidation sites excluding steroid dienone is 2. The van der Waals surface area contributed by atoms with Gasteiger partial charge in [0.05, 0.1) is 34.4 Å². The maximum atomic E-state index is 12.7. The Morgan fingerprint density at radius 1 is 0.592 bits per heavy atom. The molecule has 8 heteroatoms. The zero-order valence-electron chi connectivity index (χ0n) is 32.7. The second-order valence-corrected chi connectivity index (χ2v) is 14.9. The van der Waals surface area contributed by atoms with Gasteiger partial charge < -0.3 is 23.8 Å². The van der Waals surface area contributed by atoms with Crippen LogP contribution in [0.4, 0.5) is 0 Å². The fourth-order valence-corrected chi connectivity index (χ4v) is 5.97. The van der Waals surface area contributed by atoms with Crippen LogP contribution in [0.5, 0.6) is 0 Å². The minimum Gasteiger partial charge on any atom is -0.477 e. The van der Waals surface area contributed by atoms with Gasteiger partial charge in [-0.2, -0.15) is 0 Å². The van der Waals surface area contributed by atoms with E-state index in [-0.39, 0.29) is 36.2 Å². The molecule has 1 N–H and O–H groups in total. The van der Waals surface area contributed by atoms with Crippen molar-refractivity contribution in [1.82, 2.24) is 0 Å². The molecule has 0 fully saturated rings. The fraction of sp³-hybridized carbons (Fsp3) is 0.878. The van der Waals surface area contributed by atoms with Gasteiger partial charge in [0.25, 0.3) is 0 Å². The quantitative estimate of drug-likeness (QED) is 0.0301. The summed E-state index contributed by atoms with van der Waals surface area (Å²) in [6.45, 7) is 4.71. The Bertz CT molecular complexity index is 823. The summed E-state index contributed by atoms with van der Waals surface area (Å²) in [5, 5.41) is 9.58. The summed E-state index contributed by atoms with van der Waals surface area (Å²) in [6.07, 6.45) is 32.4. The first-order valence-corrected chi connectivity index (χ1v) is 20.2. The van der Waals surface area contributed by atoms with Gasteiger partial charge in [-0.1, -0.05) is 135 Å². The van der Waals surface area contributed by atoms with Crippen molar-refractivity contribution in [1.29, 1.82) is 0 Å². The van der Waals surface area contributed by atoms with E-state index in [1.54, 1.807) is 0 Å². The van der Waals surface area contributed by atoms with E-state index in [0.717, 1.165) is 51.4 Å². The fourth-order valence-electron chi connectivity index (χ4n) is 5.97. The first-order chi connectivity index (χ1) is 23.6. The van der Waals surface area contributed by atoms with Crippen LogP contribution in [-0.4, -0.2) is 80.6 Å². The lowest BCUT2D eigenvalue weighted by Crippen LogP contribution is -2.50. The number of aliphatic carboxylic acids is 1. The molecule has 0 aromatic carbocycles. The number of nitrogens with zero attached hydrogens (tertiary/aromatic N) is 1. The van der Waals surface area contributed by atoms with Gasteiger partial charge in [0.15, 0.2) is 12.1 Å². The van der Waals surface area contributed by atoms with Crippen molar-refractivity contribution in [2.75, 3.05) is 41.0 Å². The van der Waals surface area contributed by atoms with Crippen LogP contribution >= 0.6 is 0 Å². The molecule has 0 amide bonds. The van der Waals surface area contributed by atoms with Crippen LogP contribution in [0.25, 0.3) is 0 Å². The van der Waals surface area contributed by atoms with E-state index in [4.69, 9.17) is 14.2 Å². The van der Waals surface area contributed by atoms with Crippen molar-refractivity contribution < 1.29 is 38.2 Å². The van der Waals surface area contributed by atoms with Gasteiger partial charge in [-0.15, -0.1) is 0 Å². The molecule has 2 unspecified atom stereocenters. The number of quaternary nitrogens is 1. The summed E-state index contributed by atoms with van der Waals surface area (Å²) in [6, 6.07) is -0.610. The molecular formula is C41H78NO7+. The van der Waals surface area contributed by atoms with E-state index in [1.807, 2.05) is 21.1 Å². The maximum absolute atomic E-state index is 12.7. The van der Waals surface area contributed by atoms with Crippen LogP contribution in [0.3, 0.4) is 0 Å². The van der Waals surface area contributed by atoms with Gasteiger partial charge in [-0.3, -0.25) is 9.59 Å². The van der Waals surface area contributed by atoms with Crippen molar-refractivity contribution in [3.63, 3.8) is 0 Å². The Kier molecular flexibility index (Phi) is 31.9. The van der Waals surface area contributed by atoms with E-state index in [1.165, 1.54) is 96.3 Å². The van der Waals surface area contributed by atoms with Crippen LogP contribution in [0, 0.1) is 0 Å². The summed E-state index contributed by atoms with van der Waals surface area (Å²) < 4.78 is 17.2. The number of carbonyl (C=O) groups is 3. The van der Waals surface area contributed by atoms with Crippen LogP contribution in [0.1, 0.15) is 181 Å². The largest absolute Gasteiger partial charge is 0.477 e. The molecule has 0 aromatic rings. The predicted octanol–water partition coefficient (Wildman–Crippen LogP) is 10.4. The molecule has 0 saturated carbocycles. The number of rotatable bonds is 36. The van der Waals surface area contributed by atoms with Crippen LogP contribution in [-0.2, 0) is 28.6 Å². The molecule has 0 bridgehead atoms. The van der Waals surface area contributed by atoms with E-state index < -0.39 is 18.1 Å². The normalized spacial score (nSPS) is 13.1. The highest BCUT2D eigenvalue weighted by Crippen LogP contribution is 2.14. The number of esters is 2. The van der Waals surface area contributed by atoms with Gasteiger partial charge in [0.2, 0.25) is 0 Å². The van der Waals surface area contributed by atoms with E-state index >= 15 is 0 Å². The SMILES string of the molecule is CCCCCCC/C=C\CCCCCCCC(=O)OC(COCCC(C(=O)O)[N+](C)(C)C)COC(=O)CCCCCCCCCCCCC. The third-order valence-corrected chi connectivity index (χ3v) is 9.16. The number of hydrogen-bond acceptors (Lipinski definition) is 6. The average Bonchev–Trinajstić information content (AvgIpc) is 3.05. The molecule has 0 saturated heterocycles. The average molecular weight is 697 g/mol. The summed E-state index contributed by atoms with van der Waals surface area (Å²) in [5.74, 6) is -1.47. The Morgan fingerprint density at radius 3 is 1.47 bits per heavy atom. The molecule has 0 spiro atoms. The number of hydrogen-bond donors (Lipinski definition) is 1. The molecule has 8 nitrogen and oxygen atoms in total. The van der Waals surface area contributed by atoms with E-state index in [9.17, 15) is 19.5 Å². The van der Waals surface area contributed by atoms with Crippen molar-refractivity contribution in [2.24, 2.45) is 0 Å². The highest BCUT2D eigenvalue weighted by atomic mass is 16.6. The molecule has 2 atom stereocenters. The van der Waals surface area contributed by atoms with Crippen LogP contribution in [0.2, 0.25) is 0 Å². The number of unbranched alkanes of at least 4 members (excludes halogenated alkanes) is 20. The van der Waals surface area contributed by atoms with Crippen molar-refractivity contribution in [3.05, 3.63) is 12.2 Å². The molecule has 49 heavy (non-hydrogen) atoms. The number of likely N-dealkylation sites (N-methyl/N-ethyl adjacent to an activating group) is 1. The van der Waals surface area contributed by atoms with Crippen LogP contribution < -0.4 is 0 Å². The minimum absolute atomic E-state index is 0.0491. The van der Waals surface area contributed by atoms with Gasteiger partial charge in [-0.25, -0.2) is 4.79 Å². The molecular weight excluding hydrogens is 618 g/mol. The van der Waals surface area contributed by atoms with Crippen molar-refractivity contribution in [3.8, 4) is 0 Å². The zero-order chi connectivity index (χ0) is 36.4. The molecule has 0 rings (SSSR count). The molecule has 0 heterocycles. The zero-order valence-corrected chi connectivity index (χ0v) is 32.7. The standard InChI is InChI=1S/C41H77NO7/c1-6-8-10-12-14-16-18-19-20-22-24-26-28-30-32-40(44)49-37(35-47-34-33-38(41(45)46)42(3,4)5)36-48-39(43)31-29-27-25-23-21-17-15-13-11-9-7-2/h18-19,37-38H,6-17,20-36H2,1-5H3/p+1/b19-18-. The lowest BCUT2D eigenvalue weighted by Gasteiger charge is -2.31. The van der Waals surface area contributed by atoms with Gasteiger partial charge in [0, 0.05) is 19.3 Å². The molecule has 0 aromatic heterocycles. The number of ether oxygens (including phenoxy) is 3. The smallest absolute Gasteiger partial charge is 0.362 e. The van der Waals surface area contributed by atoms with Gasteiger partial charge >= 0.3 is 17.9 Å². The minimum atomic E-state index is -0.875. The van der Waals surface area contributed by atoms with Crippen molar-refractivity contribution >= 4 is 17.9 Å². The highest BCUT2D eigenvalue weighted by Gasteiger charge is 2.31. The summed E-state index contributed by atoms with van der Waals surface area (Å²) >= 11 is 0. The topological polar surface area (TPSA) is 99.1 Å². The summed E-state index contributed by atoms with van der Waals surface area (Å²) in [7, 11) is 5.52. The number of carboxylic acids is 1. The Morgan fingerprint density at radius 2 is 1.02 bits per heavy atom. The molecule has 0 aliphatic carbocycles. The lowest BCUT2D eigenvalue weighted by molar-refractivity contribution is -0.887. The number of carbonyl (C=O) groups excluding carboxylic acids is 2.